The van der Waals surface area contributed by atoms with Crippen molar-refractivity contribution in [3.8, 4) is 0 Å². The maximum atomic E-state index is 10.1. The van der Waals surface area contributed by atoms with Crippen molar-refractivity contribution in [2.75, 3.05) is 13.1 Å². The Morgan fingerprint density at radius 2 is 2.50 bits per heavy atom. The van der Waals surface area contributed by atoms with Crippen LogP contribution in [0.2, 0.25) is 0 Å². The standard InChI is InChI=1S/C7H13NO2/c9-4-2-6-5-8-3-1-7(6)10/h4,6-8,10H,1-3,5H2. The van der Waals surface area contributed by atoms with Crippen molar-refractivity contribution in [3.63, 3.8) is 0 Å². The summed E-state index contributed by atoms with van der Waals surface area (Å²) in [7, 11) is 0. The number of aliphatic hydroxyl groups is 1. The van der Waals surface area contributed by atoms with Gasteiger partial charge >= 0.3 is 0 Å². The summed E-state index contributed by atoms with van der Waals surface area (Å²) < 4.78 is 0. The van der Waals surface area contributed by atoms with E-state index in [9.17, 15) is 9.90 Å². The molecule has 0 saturated carbocycles. The van der Waals surface area contributed by atoms with E-state index in [4.69, 9.17) is 0 Å². The number of hydrogen-bond donors (Lipinski definition) is 2. The number of aliphatic hydroxyl groups excluding tert-OH is 1. The molecule has 10 heavy (non-hydrogen) atoms. The minimum atomic E-state index is -0.272. The molecule has 3 heteroatoms. The molecule has 1 fully saturated rings. The number of aldehydes is 1. The van der Waals surface area contributed by atoms with Crippen molar-refractivity contribution in [2.45, 2.75) is 18.9 Å². The molecule has 2 unspecified atom stereocenters. The van der Waals surface area contributed by atoms with E-state index >= 15 is 0 Å². The molecule has 1 aliphatic heterocycles. The number of carbonyl (C=O) groups is 1. The van der Waals surface area contributed by atoms with E-state index in [2.05, 4.69) is 5.32 Å². The third kappa shape index (κ3) is 1.78. The van der Waals surface area contributed by atoms with Gasteiger partial charge in [-0.25, -0.2) is 0 Å². The molecule has 2 atom stereocenters. The Hall–Kier alpha value is -0.410. The summed E-state index contributed by atoms with van der Waals surface area (Å²) in [4.78, 5) is 10.1. The van der Waals surface area contributed by atoms with Crippen LogP contribution in [0.25, 0.3) is 0 Å². The summed E-state index contributed by atoms with van der Waals surface area (Å²) in [6, 6.07) is 0. The minimum absolute atomic E-state index is 0.145. The number of piperidine rings is 1. The van der Waals surface area contributed by atoms with E-state index in [0.717, 1.165) is 25.8 Å². The molecule has 0 aromatic rings. The molecule has 0 radical (unpaired) electrons. The molecule has 1 heterocycles. The Bertz CT molecular complexity index is 116. The third-order valence-corrected chi connectivity index (χ3v) is 1.97. The summed E-state index contributed by atoms with van der Waals surface area (Å²) in [5.41, 5.74) is 0. The molecule has 0 bridgehead atoms. The smallest absolute Gasteiger partial charge is 0.120 e. The molecule has 0 aromatic heterocycles. The van der Waals surface area contributed by atoms with Crippen LogP contribution >= 0.6 is 0 Å². The number of carbonyl (C=O) groups excluding carboxylic acids is 1. The summed E-state index contributed by atoms with van der Waals surface area (Å²) in [6.07, 6.45) is 1.86. The first-order valence-electron chi connectivity index (χ1n) is 3.67. The van der Waals surface area contributed by atoms with Crippen LogP contribution in [0.1, 0.15) is 12.8 Å². The van der Waals surface area contributed by atoms with Crippen molar-refractivity contribution >= 4 is 6.29 Å². The van der Waals surface area contributed by atoms with Crippen LogP contribution in [0.3, 0.4) is 0 Å². The van der Waals surface area contributed by atoms with Gasteiger partial charge in [0.15, 0.2) is 0 Å². The molecular weight excluding hydrogens is 130 g/mol. The third-order valence-electron chi connectivity index (χ3n) is 1.97. The Morgan fingerprint density at radius 3 is 3.10 bits per heavy atom. The summed E-state index contributed by atoms with van der Waals surface area (Å²) in [5, 5.41) is 12.4. The largest absolute Gasteiger partial charge is 0.393 e. The van der Waals surface area contributed by atoms with Crippen molar-refractivity contribution in [2.24, 2.45) is 5.92 Å². The van der Waals surface area contributed by atoms with Crippen molar-refractivity contribution in [1.82, 2.24) is 5.32 Å². The first-order valence-corrected chi connectivity index (χ1v) is 3.67. The first-order chi connectivity index (χ1) is 4.84. The van der Waals surface area contributed by atoms with Gasteiger partial charge in [0.25, 0.3) is 0 Å². The molecule has 0 aromatic carbocycles. The lowest BCUT2D eigenvalue weighted by Gasteiger charge is -2.26. The fourth-order valence-corrected chi connectivity index (χ4v) is 1.27. The highest BCUT2D eigenvalue weighted by Crippen LogP contribution is 2.12. The molecule has 0 amide bonds. The Balaban J connectivity index is 2.32. The van der Waals surface area contributed by atoms with Crippen LogP contribution in [0.4, 0.5) is 0 Å². The molecule has 0 aliphatic carbocycles. The molecule has 58 valence electrons. The molecule has 2 N–H and O–H groups in total. The lowest BCUT2D eigenvalue weighted by molar-refractivity contribution is -0.109. The summed E-state index contributed by atoms with van der Waals surface area (Å²) in [6.45, 7) is 1.65. The number of nitrogens with one attached hydrogen (secondary N) is 1. The molecule has 3 nitrogen and oxygen atoms in total. The maximum absolute atomic E-state index is 10.1. The Kier molecular flexibility index (Phi) is 2.83. The second kappa shape index (κ2) is 3.68. The summed E-state index contributed by atoms with van der Waals surface area (Å²) >= 11 is 0. The van der Waals surface area contributed by atoms with E-state index in [1.165, 1.54) is 0 Å². The number of rotatable bonds is 2. The van der Waals surface area contributed by atoms with Gasteiger partial charge in [-0.05, 0) is 13.0 Å². The van der Waals surface area contributed by atoms with Gasteiger partial charge < -0.3 is 15.2 Å². The van der Waals surface area contributed by atoms with Crippen molar-refractivity contribution < 1.29 is 9.90 Å². The van der Waals surface area contributed by atoms with Crippen LogP contribution < -0.4 is 5.32 Å². The van der Waals surface area contributed by atoms with E-state index in [1.807, 2.05) is 0 Å². The average Bonchev–Trinajstić information content (AvgIpc) is 1.94. The zero-order valence-electron chi connectivity index (χ0n) is 5.92. The van der Waals surface area contributed by atoms with Crippen molar-refractivity contribution in [1.29, 1.82) is 0 Å². The van der Waals surface area contributed by atoms with Gasteiger partial charge in [-0.15, -0.1) is 0 Å². The van der Waals surface area contributed by atoms with Gasteiger partial charge in [0.2, 0.25) is 0 Å². The molecular formula is C7H13NO2. The van der Waals surface area contributed by atoms with Crippen LogP contribution in [0.5, 0.6) is 0 Å². The van der Waals surface area contributed by atoms with Crippen LogP contribution in [0, 0.1) is 5.92 Å². The quantitative estimate of drug-likeness (QED) is 0.514. The van der Waals surface area contributed by atoms with Crippen LogP contribution in [-0.2, 0) is 4.79 Å². The summed E-state index contributed by atoms with van der Waals surface area (Å²) in [5.74, 6) is 0.145. The lowest BCUT2D eigenvalue weighted by atomic mass is 9.94. The maximum Gasteiger partial charge on any atom is 0.120 e. The highest BCUT2D eigenvalue weighted by Gasteiger charge is 2.21. The van der Waals surface area contributed by atoms with E-state index in [-0.39, 0.29) is 12.0 Å². The van der Waals surface area contributed by atoms with Gasteiger partial charge in [-0.2, -0.15) is 0 Å². The number of hydrogen-bond acceptors (Lipinski definition) is 3. The van der Waals surface area contributed by atoms with Gasteiger partial charge in [0.1, 0.15) is 6.29 Å². The molecule has 1 aliphatic rings. The highest BCUT2D eigenvalue weighted by atomic mass is 16.3. The Labute approximate surface area is 60.4 Å². The topological polar surface area (TPSA) is 49.3 Å². The molecule has 1 rings (SSSR count). The van der Waals surface area contributed by atoms with Crippen molar-refractivity contribution in [3.05, 3.63) is 0 Å². The van der Waals surface area contributed by atoms with E-state index < -0.39 is 0 Å². The zero-order valence-corrected chi connectivity index (χ0v) is 5.92. The van der Waals surface area contributed by atoms with Gasteiger partial charge in [0.05, 0.1) is 6.10 Å². The fourth-order valence-electron chi connectivity index (χ4n) is 1.27. The predicted molar refractivity (Wildman–Crippen MR) is 37.7 cm³/mol. The van der Waals surface area contributed by atoms with Gasteiger partial charge in [-0.1, -0.05) is 0 Å². The van der Waals surface area contributed by atoms with Gasteiger partial charge in [-0.3, -0.25) is 0 Å². The van der Waals surface area contributed by atoms with E-state index in [1.54, 1.807) is 0 Å². The van der Waals surface area contributed by atoms with Crippen LogP contribution in [0.15, 0.2) is 0 Å². The lowest BCUT2D eigenvalue weighted by Crippen LogP contribution is -2.39. The van der Waals surface area contributed by atoms with Crippen LogP contribution in [-0.4, -0.2) is 30.6 Å². The normalized spacial score (nSPS) is 33.7. The fraction of sp³-hybridized carbons (Fsp3) is 0.857. The molecule has 1 saturated heterocycles. The Morgan fingerprint density at radius 1 is 1.70 bits per heavy atom. The second-order valence-corrected chi connectivity index (χ2v) is 2.72. The van der Waals surface area contributed by atoms with Gasteiger partial charge in [0, 0.05) is 18.9 Å². The SMILES string of the molecule is O=CCC1CNCCC1O. The minimum Gasteiger partial charge on any atom is -0.393 e. The molecule has 0 spiro atoms. The van der Waals surface area contributed by atoms with E-state index in [0.29, 0.717) is 6.42 Å². The highest BCUT2D eigenvalue weighted by molar-refractivity contribution is 5.49. The second-order valence-electron chi connectivity index (χ2n) is 2.72. The monoisotopic (exact) mass is 143 g/mol. The zero-order chi connectivity index (χ0) is 7.40. The predicted octanol–water partition coefficient (Wildman–Crippen LogP) is -0.454. The average molecular weight is 143 g/mol. The first kappa shape index (κ1) is 7.69.